The monoisotopic (exact) mass is 235 g/mol. The second-order valence-corrected chi connectivity index (χ2v) is 4.43. The van der Waals surface area contributed by atoms with Crippen molar-refractivity contribution in [2.75, 3.05) is 6.54 Å². The van der Waals surface area contributed by atoms with Gasteiger partial charge in [-0.2, -0.15) is 5.48 Å². The van der Waals surface area contributed by atoms with Crippen molar-refractivity contribution < 1.29 is 4.84 Å². The van der Waals surface area contributed by atoms with Gasteiger partial charge in [-0.3, -0.25) is 0 Å². The van der Waals surface area contributed by atoms with E-state index in [0.29, 0.717) is 0 Å². The van der Waals surface area contributed by atoms with Crippen molar-refractivity contribution in [3.8, 4) is 5.75 Å². The van der Waals surface area contributed by atoms with E-state index >= 15 is 0 Å². The van der Waals surface area contributed by atoms with Gasteiger partial charge in [0.25, 0.3) is 0 Å². The van der Waals surface area contributed by atoms with E-state index in [1.165, 1.54) is 44.9 Å². The minimum atomic E-state index is 0.885. The molecular weight excluding hydrogens is 210 g/mol. The van der Waals surface area contributed by atoms with E-state index in [4.69, 9.17) is 4.84 Å². The third-order valence-corrected chi connectivity index (χ3v) is 2.82. The predicted molar refractivity (Wildman–Crippen MR) is 73.1 cm³/mol. The van der Waals surface area contributed by atoms with Gasteiger partial charge >= 0.3 is 0 Å². The van der Waals surface area contributed by atoms with Gasteiger partial charge in [-0.25, -0.2) is 0 Å². The maximum Gasteiger partial charge on any atom is 0.147 e. The highest BCUT2D eigenvalue weighted by Gasteiger charge is 1.92. The van der Waals surface area contributed by atoms with E-state index in [2.05, 4.69) is 12.4 Å². The van der Waals surface area contributed by atoms with Crippen molar-refractivity contribution in [1.29, 1.82) is 0 Å². The highest BCUT2D eigenvalue weighted by Crippen LogP contribution is 2.08. The van der Waals surface area contributed by atoms with Crippen LogP contribution in [0.3, 0.4) is 0 Å². The first-order valence-corrected chi connectivity index (χ1v) is 6.88. The number of hydrogen-bond donors (Lipinski definition) is 1. The van der Waals surface area contributed by atoms with Crippen LogP contribution < -0.4 is 10.3 Å². The molecule has 1 rings (SSSR count). The van der Waals surface area contributed by atoms with Crippen molar-refractivity contribution in [2.45, 2.75) is 51.9 Å². The van der Waals surface area contributed by atoms with Crippen LogP contribution >= 0.6 is 0 Å². The molecule has 1 N–H and O–H groups in total. The Morgan fingerprint density at radius 1 is 0.882 bits per heavy atom. The molecule has 0 aromatic heterocycles. The van der Waals surface area contributed by atoms with Gasteiger partial charge in [-0.1, -0.05) is 63.6 Å². The van der Waals surface area contributed by atoms with Crippen molar-refractivity contribution in [3.05, 3.63) is 30.3 Å². The molecule has 0 fully saturated rings. The lowest BCUT2D eigenvalue weighted by atomic mass is 10.1. The minimum absolute atomic E-state index is 0.885. The zero-order valence-corrected chi connectivity index (χ0v) is 11.0. The average molecular weight is 235 g/mol. The van der Waals surface area contributed by atoms with Gasteiger partial charge in [0, 0.05) is 6.54 Å². The molecule has 1 aromatic carbocycles. The molecule has 1 aromatic rings. The van der Waals surface area contributed by atoms with Crippen LogP contribution in [0.2, 0.25) is 0 Å². The third kappa shape index (κ3) is 7.81. The van der Waals surface area contributed by atoms with Gasteiger partial charge in [-0.15, -0.1) is 0 Å². The second-order valence-electron chi connectivity index (χ2n) is 4.43. The number of hydroxylamine groups is 1. The van der Waals surface area contributed by atoms with Gasteiger partial charge in [0.1, 0.15) is 5.75 Å². The summed E-state index contributed by atoms with van der Waals surface area (Å²) in [6.07, 6.45) is 9.33. The zero-order chi connectivity index (χ0) is 12.2. The Balaban J connectivity index is 1.85. The molecule has 0 radical (unpaired) electrons. The molecule has 17 heavy (non-hydrogen) atoms. The largest absolute Gasteiger partial charge is 0.409 e. The Labute approximate surface area is 105 Å². The summed E-state index contributed by atoms with van der Waals surface area (Å²) < 4.78 is 0. The number of benzene rings is 1. The molecule has 0 unspecified atom stereocenters. The van der Waals surface area contributed by atoms with Crippen molar-refractivity contribution in [3.63, 3.8) is 0 Å². The van der Waals surface area contributed by atoms with Crippen LogP contribution in [0, 0.1) is 0 Å². The van der Waals surface area contributed by atoms with E-state index in [1.54, 1.807) is 0 Å². The quantitative estimate of drug-likeness (QED) is 0.481. The van der Waals surface area contributed by atoms with Gasteiger partial charge in [0.2, 0.25) is 0 Å². The summed E-state index contributed by atoms with van der Waals surface area (Å²) in [4.78, 5) is 5.40. The lowest BCUT2D eigenvalue weighted by Crippen LogP contribution is -2.19. The third-order valence-electron chi connectivity index (χ3n) is 2.82. The summed E-state index contributed by atoms with van der Waals surface area (Å²) >= 11 is 0. The van der Waals surface area contributed by atoms with Crippen LogP contribution in [0.1, 0.15) is 51.9 Å². The molecule has 0 aliphatic heterocycles. The van der Waals surface area contributed by atoms with Crippen LogP contribution in [-0.4, -0.2) is 6.54 Å². The van der Waals surface area contributed by atoms with Crippen LogP contribution in [0.5, 0.6) is 5.75 Å². The topological polar surface area (TPSA) is 21.3 Å². The van der Waals surface area contributed by atoms with Crippen LogP contribution in [0.25, 0.3) is 0 Å². The van der Waals surface area contributed by atoms with Crippen molar-refractivity contribution in [1.82, 2.24) is 5.48 Å². The highest BCUT2D eigenvalue weighted by atomic mass is 16.6. The summed E-state index contributed by atoms with van der Waals surface area (Å²) in [6.45, 7) is 3.19. The van der Waals surface area contributed by atoms with Gasteiger partial charge in [-0.05, 0) is 18.6 Å². The van der Waals surface area contributed by atoms with Crippen LogP contribution in [0.4, 0.5) is 0 Å². The molecule has 0 saturated heterocycles. The fourth-order valence-electron chi connectivity index (χ4n) is 1.78. The summed E-state index contributed by atoms with van der Waals surface area (Å²) in [5.41, 5.74) is 3.00. The number of unbranched alkanes of at least 4 members (excludes halogenated alkanes) is 6. The van der Waals surface area contributed by atoms with Crippen molar-refractivity contribution >= 4 is 0 Å². The molecular formula is C15H25NO. The SMILES string of the molecule is CCCCCCCCCNOc1ccccc1. The maximum absolute atomic E-state index is 5.40. The second kappa shape index (κ2) is 10.2. The molecule has 0 aliphatic rings. The van der Waals surface area contributed by atoms with Gasteiger partial charge in [0.05, 0.1) is 0 Å². The maximum atomic E-state index is 5.40. The molecule has 0 spiro atoms. The molecule has 0 heterocycles. The molecule has 0 bridgehead atoms. The molecule has 0 atom stereocenters. The first-order chi connectivity index (χ1) is 8.43. The molecule has 0 amide bonds. The van der Waals surface area contributed by atoms with Gasteiger partial charge < -0.3 is 4.84 Å². The Kier molecular flexibility index (Phi) is 8.39. The van der Waals surface area contributed by atoms with Crippen molar-refractivity contribution in [2.24, 2.45) is 0 Å². The molecule has 0 saturated carbocycles. The zero-order valence-electron chi connectivity index (χ0n) is 11.0. The fourth-order valence-corrected chi connectivity index (χ4v) is 1.78. The molecule has 2 heteroatoms. The van der Waals surface area contributed by atoms with E-state index < -0.39 is 0 Å². The molecule has 0 aliphatic carbocycles. The lowest BCUT2D eigenvalue weighted by molar-refractivity contribution is 0.193. The average Bonchev–Trinajstić information content (AvgIpc) is 2.38. The summed E-state index contributed by atoms with van der Waals surface area (Å²) in [7, 11) is 0. The van der Waals surface area contributed by atoms with Crippen LogP contribution in [0.15, 0.2) is 30.3 Å². The lowest BCUT2D eigenvalue weighted by Gasteiger charge is -2.06. The Hall–Kier alpha value is -1.02. The van der Waals surface area contributed by atoms with E-state index in [-0.39, 0.29) is 0 Å². The highest BCUT2D eigenvalue weighted by molar-refractivity contribution is 5.20. The Bertz CT molecular complexity index is 261. The minimum Gasteiger partial charge on any atom is -0.409 e. The Morgan fingerprint density at radius 2 is 1.53 bits per heavy atom. The summed E-state index contributed by atoms with van der Waals surface area (Å²) in [6, 6.07) is 9.86. The molecule has 2 nitrogen and oxygen atoms in total. The predicted octanol–water partition coefficient (Wildman–Crippen LogP) is 4.32. The van der Waals surface area contributed by atoms with Crippen LogP contribution in [-0.2, 0) is 0 Å². The standard InChI is InChI=1S/C15H25NO/c1-2-3-4-5-6-7-11-14-16-17-15-12-9-8-10-13-15/h8-10,12-13,16H,2-7,11,14H2,1H3. The number of nitrogens with one attached hydrogen (secondary N) is 1. The number of para-hydroxylation sites is 1. The first kappa shape index (κ1) is 14.0. The Morgan fingerprint density at radius 3 is 2.24 bits per heavy atom. The number of rotatable bonds is 10. The van der Waals surface area contributed by atoms with E-state index in [9.17, 15) is 0 Å². The number of hydrogen-bond acceptors (Lipinski definition) is 2. The normalized spacial score (nSPS) is 10.4. The summed E-state index contributed by atoms with van der Waals surface area (Å²) in [5.74, 6) is 0.885. The van der Waals surface area contributed by atoms with E-state index in [0.717, 1.165) is 12.3 Å². The fraction of sp³-hybridized carbons (Fsp3) is 0.600. The first-order valence-electron chi connectivity index (χ1n) is 6.88. The summed E-state index contributed by atoms with van der Waals surface area (Å²) in [5, 5.41) is 0. The van der Waals surface area contributed by atoms with Gasteiger partial charge in [0.15, 0.2) is 0 Å². The van der Waals surface area contributed by atoms with E-state index in [1.807, 2.05) is 30.3 Å². The molecule has 96 valence electrons. The smallest absolute Gasteiger partial charge is 0.147 e.